The van der Waals surface area contributed by atoms with Crippen molar-refractivity contribution < 1.29 is 36.5 Å². The van der Waals surface area contributed by atoms with E-state index in [-0.39, 0.29) is 44.9 Å². The molecule has 2 aromatic rings. The predicted octanol–water partition coefficient (Wildman–Crippen LogP) is 3.06. The first kappa shape index (κ1) is 23.0. The Hall–Kier alpha value is -2.72. The number of halogens is 1. The zero-order valence-corrected chi connectivity index (χ0v) is 20.5. The van der Waals surface area contributed by atoms with E-state index in [4.69, 9.17) is 13.7 Å². The summed E-state index contributed by atoms with van der Waals surface area (Å²) in [7, 11) is -4.01. The van der Waals surface area contributed by atoms with E-state index >= 15 is 0 Å². The van der Waals surface area contributed by atoms with Crippen LogP contribution in [-0.4, -0.2) is 43.7 Å². The molecule has 178 valence electrons. The number of ether oxygens (including phenoxy) is 2. The lowest BCUT2D eigenvalue weighted by atomic mass is 9.80. The lowest BCUT2D eigenvalue weighted by molar-refractivity contribution is -0.154. The van der Waals surface area contributed by atoms with Crippen molar-refractivity contribution >= 4 is 43.8 Å². The van der Waals surface area contributed by atoms with E-state index in [0.717, 1.165) is 12.0 Å². The highest BCUT2D eigenvalue weighted by Crippen LogP contribution is 2.60. The standard InChI is InChI=1S/C24H21BrO8S/c1-12-2-8-15(9-3-12)34(29,30)33-14-6-4-13(5-7-14)18(26)11-31-23(27)19-16-10-17-20(19)24(28)32-22(17)21(16)25/h2-9,16-17,19-22H,10-11H2,1H3/t16-,17-,19-,20+,21+,22+/m1/s1. The summed E-state index contributed by atoms with van der Waals surface area (Å²) in [4.78, 5) is 37.4. The molecule has 1 saturated heterocycles. The highest BCUT2D eigenvalue weighted by Gasteiger charge is 2.68. The molecule has 0 radical (unpaired) electrons. The Morgan fingerprint density at radius 2 is 1.74 bits per heavy atom. The number of benzene rings is 2. The molecule has 1 aliphatic heterocycles. The van der Waals surface area contributed by atoms with E-state index < -0.39 is 40.3 Å². The third-order valence-electron chi connectivity index (χ3n) is 6.83. The Morgan fingerprint density at radius 3 is 2.41 bits per heavy atom. The van der Waals surface area contributed by atoms with Gasteiger partial charge in [-0.15, -0.1) is 0 Å². The Morgan fingerprint density at radius 1 is 1.06 bits per heavy atom. The van der Waals surface area contributed by atoms with Crippen LogP contribution < -0.4 is 4.18 Å². The van der Waals surface area contributed by atoms with Crippen LogP contribution in [0.3, 0.4) is 0 Å². The van der Waals surface area contributed by atoms with Crippen LogP contribution in [0, 0.1) is 30.6 Å². The van der Waals surface area contributed by atoms with Crippen LogP contribution in [-0.2, 0) is 29.2 Å². The van der Waals surface area contributed by atoms with Crippen LogP contribution in [0.25, 0.3) is 0 Å². The molecule has 8 nitrogen and oxygen atoms in total. The van der Waals surface area contributed by atoms with Crippen LogP contribution in [0.15, 0.2) is 53.4 Å². The van der Waals surface area contributed by atoms with Gasteiger partial charge in [-0.2, -0.15) is 8.42 Å². The molecule has 10 heteroatoms. The van der Waals surface area contributed by atoms with Gasteiger partial charge in [-0.3, -0.25) is 14.4 Å². The summed E-state index contributed by atoms with van der Waals surface area (Å²) in [6, 6.07) is 11.8. The van der Waals surface area contributed by atoms with E-state index in [1.807, 2.05) is 6.92 Å². The Labute approximate surface area is 204 Å². The maximum atomic E-state index is 12.7. The van der Waals surface area contributed by atoms with Crippen molar-refractivity contribution in [3.63, 3.8) is 0 Å². The van der Waals surface area contributed by atoms with Gasteiger partial charge in [0.2, 0.25) is 0 Å². The fourth-order valence-electron chi connectivity index (χ4n) is 5.19. The first-order valence-electron chi connectivity index (χ1n) is 10.8. The van der Waals surface area contributed by atoms with Crippen LogP contribution >= 0.6 is 15.9 Å². The minimum absolute atomic E-state index is 0.0128. The van der Waals surface area contributed by atoms with Crippen molar-refractivity contribution in [1.82, 2.24) is 0 Å². The Bertz CT molecular complexity index is 1250. The van der Waals surface area contributed by atoms with Crippen molar-refractivity contribution in [2.45, 2.75) is 29.2 Å². The number of hydrogen-bond acceptors (Lipinski definition) is 8. The molecule has 0 amide bonds. The molecule has 2 aliphatic carbocycles. The lowest BCUT2D eigenvalue weighted by Crippen LogP contribution is -2.39. The minimum atomic E-state index is -4.01. The van der Waals surface area contributed by atoms with Crippen molar-refractivity contribution in [3.8, 4) is 5.75 Å². The van der Waals surface area contributed by atoms with Crippen LogP contribution in [0.2, 0.25) is 0 Å². The van der Waals surface area contributed by atoms with Crippen molar-refractivity contribution in [2.24, 2.45) is 23.7 Å². The normalized spacial score (nSPS) is 29.1. The fraction of sp³-hybridized carbons (Fsp3) is 0.375. The molecule has 0 N–H and O–H groups in total. The summed E-state index contributed by atoms with van der Waals surface area (Å²) >= 11 is 3.54. The Kier molecular flexibility index (Phi) is 5.76. The SMILES string of the molecule is Cc1ccc(S(=O)(=O)Oc2ccc(C(=O)COC(=O)[C@@H]3[C@H]4C[C@H]5[C@H](OC(=O)[C@@H]53)[C@H]4Br)cc2)cc1. The molecule has 3 aliphatic rings. The van der Waals surface area contributed by atoms with Crippen molar-refractivity contribution in [2.75, 3.05) is 6.61 Å². The molecule has 6 atom stereocenters. The summed E-state index contributed by atoms with van der Waals surface area (Å²) < 4.78 is 40.6. The summed E-state index contributed by atoms with van der Waals surface area (Å²) in [5, 5.41) is 0. The molecule has 3 fully saturated rings. The van der Waals surface area contributed by atoms with Gasteiger partial charge in [-0.25, -0.2) is 0 Å². The molecule has 5 rings (SSSR count). The van der Waals surface area contributed by atoms with Gasteiger partial charge in [0.1, 0.15) is 16.7 Å². The van der Waals surface area contributed by atoms with Crippen molar-refractivity contribution in [3.05, 3.63) is 59.7 Å². The Balaban J connectivity index is 1.19. The molecular weight excluding hydrogens is 528 g/mol. The number of esters is 2. The molecule has 34 heavy (non-hydrogen) atoms. The summed E-state index contributed by atoms with van der Waals surface area (Å²) in [6.07, 6.45) is 0.529. The van der Waals surface area contributed by atoms with Crippen molar-refractivity contribution in [1.29, 1.82) is 0 Å². The van der Waals surface area contributed by atoms with Gasteiger partial charge in [0.05, 0.1) is 16.7 Å². The average molecular weight is 549 g/mol. The van der Waals surface area contributed by atoms with Gasteiger partial charge in [0.25, 0.3) is 0 Å². The van der Waals surface area contributed by atoms with Gasteiger partial charge in [0.15, 0.2) is 12.4 Å². The number of aryl methyl sites for hydroxylation is 1. The van der Waals surface area contributed by atoms with E-state index in [1.54, 1.807) is 12.1 Å². The molecule has 2 aromatic carbocycles. The highest BCUT2D eigenvalue weighted by molar-refractivity contribution is 9.09. The predicted molar refractivity (Wildman–Crippen MR) is 122 cm³/mol. The molecule has 2 bridgehead atoms. The van der Waals surface area contributed by atoms with Gasteiger partial charge in [-0.1, -0.05) is 33.6 Å². The van der Waals surface area contributed by atoms with Gasteiger partial charge < -0.3 is 13.7 Å². The van der Waals surface area contributed by atoms with Crippen LogP contribution in [0.5, 0.6) is 5.75 Å². The van der Waals surface area contributed by atoms with Crippen LogP contribution in [0.1, 0.15) is 22.3 Å². The molecule has 1 heterocycles. The molecular formula is C24H21BrO8S. The smallest absolute Gasteiger partial charge is 0.339 e. The summed E-state index contributed by atoms with van der Waals surface area (Å²) in [6.45, 7) is 1.37. The number of carbonyl (C=O) groups is 3. The summed E-state index contributed by atoms with van der Waals surface area (Å²) in [5.74, 6) is -2.50. The summed E-state index contributed by atoms with van der Waals surface area (Å²) in [5.41, 5.74) is 1.15. The molecule has 0 unspecified atom stereocenters. The first-order chi connectivity index (χ1) is 16.2. The number of hydrogen-bond donors (Lipinski definition) is 0. The monoisotopic (exact) mass is 548 g/mol. The number of carbonyl (C=O) groups excluding carboxylic acids is 3. The maximum Gasteiger partial charge on any atom is 0.339 e. The first-order valence-corrected chi connectivity index (χ1v) is 13.1. The second-order valence-electron chi connectivity index (χ2n) is 8.87. The number of fused-ring (bicyclic) bond motifs is 1. The number of ketones is 1. The minimum Gasteiger partial charge on any atom is -0.461 e. The van der Waals surface area contributed by atoms with Gasteiger partial charge in [0, 0.05) is 11.5 Å². The number of Topliss-reactive ketones (excluding diaryl/α,β-unsaturated/α-hetero) is 1. The second-order valence-corrected chi connectivity index (χ2v) is 11.5. The third-order valence-corrected chi connectivity index (χ3v) is 9.29. The average Bonchev–Trinajstić information content (AvgIpc) is 3.42. The van der Waals surface area contributed by atoms with Crippen LogP contribution in [0.4, 0.5) is 0 Å². The van der Waals surface area contributed by atoms with Gasteiger partial charge >= 0.3 is 22.1 Å². The number of rotatable bonds is 7. The second kappa shape index (κ2) is 8.49. The quantitative estimate of drug-likeness (QED) is 0.224. The zero-order valence-electron chi connectivity index (χ0n) is 18.0. The lowest BCUT2D eigenvalue weighted by Gasteiger charge is -2.26. The third kappa shape index (κ3) is 3.92. The number of alkyl halides is 1. The van der Waals surface area contributed by atoms with E-state index in [2.05, 4.69) is 15.9 Å². The topological polar surface area (TPSA) is 113 Å². The largest absolute Gasteiger partial charge is 0.461 e. The zero-order chi connectivity index (χ0) is 24.2. The molecule has 0 aromatic heterocycles. The van der Waals surface area contributed by atoms with E-state index in [1.165, 1.54) is 36.4 Å². The maximum absolute atomic E-state index is 12.7. The van der Waals surface area contributed by atoms with Gasteiger partial charge in [-0.05, 0) is 55.7 Å². The molecule has 2 saturated carbocycles. The molecule has 0 spiro atoms. The van der Waals surface area contributed by atoms with E-state index in [9.17, 15) is 22.8 Å². The fourth-order valence-corrected chi connectivity index (χ4v) is 7.16. The van der Waals surface area contributed by atoms with E-state index in [0.29, 0.717) is 0 Å². The highest BCUT2D eigenvalue weighted by atomic mass is 79.9.